The molecule has 1 saturated heterocycles. The summed E-state index contributed by atoms with van der Waals surface area (Å²) in [5.41, 5.74) is 2.97. The molecule has 0 spiro atoms. The molecule has 0 radical (unpaired) electrons. The average molecular weight is 382 g/mol. The molecule has 28 heavy (non-hydrogen) atoms. The maximum absolute atomic E-state index is 12.9. The largest absolute Gasteiger partial charge is 0.372 e. The highest BCUT2D eigenvalue weighted by Crippen LogP contribution is 2.24. The summed E-state index contributed by atoms with van der Waals surface area (Å²) >= 11 is 0. The molecule has 0 bridgehead atoms. The van der Waals surface area contributed by atoms with Crippen LogP contribution >= 0.6 is 0 Å². The van der Waals surface area contributed by atoms with E-state index >= 15 is 0 Å². The SMILES string of the molecule is CC1CN(c2cccc([C@H](C)NC(=O)/C=C/c3ccc(F)cc3)c2)CC(C)O1. The Hall–Kier alpha value is -2.66. The van der Waals surface area contributed by atoms with Crippen LogP contribution in [-0.4, -0.2) is 31.2 Å². The number of anilines is 1. The van der Waals surface area contributed by atoms with Crippen LogP contribution in [0.5, 0.6) is 0 Å². The second-order valence-electron chi connectivity index (χ2n) is 7.37. The third kappa shape index (κ3) is 5.42. The Morgan fingerprint density at radius 2 is 1.86 bits per heavy atom. The first kappa shape index (κ1) is 20.1. The molecule has 1 aliphatic rings. The Morgan fingerprint density at radius 3 is 2.54 bits per heavy atom. The lowest BCUT2D eigenvalue weighted by molar-refractivity contribution is -0.117. The van der Waals surface area contributed by atoms with E-state index in [0.717, 1.165) is 29.9 Å². The van der Waals surface area contributed by atoms with Gasteiger partial charge in [0.15, 0.2) is 0 Å². The van der Waals surface area contributed by atoms with Crippen molar-refractivity contribution in [3.8, 4) is 0 Å². The topological polar surface area (TPSA) is 41.6 Å². The summed E-state index contributed by atoms with van der Waals surface area (Å²) in [5.74, 6) is -0.477. The van der Waals surface area contributed by atoms with E-state index in [4.69, 9.17) is 4.74 Å². The van der Waals surface area contributed by atoms with Gasteiger partial charge in [0.05, 0.1) is 18.2 Å². The van der Waals surface area contributed by atoms with Crippen LogP contribution in [0.25, 0.3) is 6.08 Å². The molecule has 4 nitrogen and oxygen atoms in total. The van der Waals surface area contributed by atoms with Gasteiger partial charge in [-0.3, -0.25) is 4.79 Å². The van der Waals surface area contributed by atoms with Gasteiger partial charge in [-0.15, -0.1) is 0 Å². The van der Waals surface area contributed by atoms with Crippen molar-refractivity contribution < 1.29 is 13.9 Å². The maximum atomic E-state index is 12.9. The van der Waals surface area contributed by atoms with E-state index in [1.165, 1.54) is 18.2 Å². The maximum Gasteiger partial charge on any atom is 0.244 e. The molecule has 1 N–H and O–H groups in total. The van der Waals surface area contributed by atoms with Crippen LogP contribution < -0.4 is 10.2 Å². The van der Waals surface area contributed by atoms with Crippen LogP contribution in [0.3, 0.4) is 0 Å². The number of rotatable bonds is 5. The van der Waals surface area contributed by atoms with Crippen LogP contribution in [0.2, 0.25) is 0 Å². The highest BCUT2D eigenvalue weighted by Gasteiger charge is 2.22. The zero-order chi connectivity index (χ0) is 20.1. The quantitative estimate of drug-likeness (QED) is 0.783. The van der Waals surface area contributed by atoms with Crippen molar-refractivity contribution >= 4 is 17.7 Å². The van der Waals surface area contributed by atoms with Crippen molar-refractivity contribution in [2.24, 2.45) is 0 Å². The first-order chi connectivity index (χ1) is 13.4. The number of nitrogens with one attached hydrogen (secondary N) is 1. The first-order valence-corrected chi connectivity index (χ1v) is 9.65. The van der Waals surface area contributed by atoms with Gasteiger partial charge < -0.3 is 15.0 Å². The number of amides is 1. The van der Waals surface area contributed by atoms with E-state index in [2.05, 4.69) is 36.2 Å². The molecular weight excluding hydrogens is 355 g/mol. The van der Waals surface area contributed by atoms with Crippen LogP contribution in [0.4, 0.5) is 10.1 Å². The van der Waals surface area contributed by atoms with Crippen LogP contribution in [-0.2, 0) is 9.53 Å². The zero-order valence-corrected chi connectivity index (χ0v) is 16.6. The molecule has 1 fully saturated rings. The monoisotopic (exact) mass is 382 g/mol. The van der Waals surface area contributed by atoms with E-state index in [-0.39, 0.29) is 30.0 Å². The van der Waals surface area contributed by atoms with E-state index in [9.17, 15) is 9.18 Å². The first-order valence-electron chi connectivity index (χ1n) is 9.65. The normalized spacial score (nSPS) is 20.9. The van der Waals surface area contributed by atoms with Gasteiger partial charge in [-0.25, -0.2) is 4.39 Å². The van der Waals surface area contributed by atoms with Gasteiger partial charge in [0.2, 0.25) is 5.91 Å². The Balaban J connectivity index is 1.63. The molecule has 2 unspecified atom stereocenters. The van der Waals surface area contributed by atoms with Crippen LogP contribution in [0.1, 0.15) is 37.9 Å². The molecule has 0 aliphatic carbocycles. The second-order valence-corrected chi connectivity index (χ2v) is 7.37. The summed E-state index contributed by atoms with van der Waals surface area (Å²) in [6.45, 7) is 7.85. The van der Waals surface area contributed by atoms with Crippen LogP contribution in [0, 0.1) is 5.82 Å². The number of hydrogen-bond acceptors (Lipinski definition) is 3. The number of halogens is 1. The Bertz CT molecular complexity index is 825. The molecule has 1 heterocycles. The minimum Gasteiger partial charge on any atom is -0.372 e. The number of hydrogen-bond donors (Lipinski definition) is 1. The molecule has 148 valence electrons. The fourth-order valence-electron chi connectivity index (χ4n) is 3.47. The number of benzene rings is 2. The summed E-state index contributed by atoms with van der Waals surface area (Å²) in [6.07, 6.45) is 3.54. The van der Waals surface area contributed by atoms with E-state index < -0.39 is 0 Å². The minimum atomic E-state index is -0.292. The molecule has 2 aromatic rings. The van der Waals surface area contributed by atoms with E-state index in [1.54, 1.807) is 18.2 Å². The fraction of sp³-hybridized carbons (Fsp3) is 0.348. The number of carbonyl (C=O) groups excluding carboxylic acids is 1. The van der Waals surface area contributed by atoms with Gasteiger partial charge in [0.25, 0.3) is 0 Å². The summed E-state index contributed by atoms with van der Waals surface area (Å²) in [5, 5.41) is 2.98. The van der Waals surface area contributed by atoms with Crippen molar-refractivity contribution in [1.29, 1.82) is 0 Å². The molecule has 3 rings (SSSR count). The minimum absolute atomic E-state index is 0.124. The van der Waals surface area contributed by atoms with E-state index in [0.29, 0.717) is 0 Å². The van der Waals surface area contributed by atoms with Crippen molar-refractivity contribution in [3.05, 3.63) is 71.6 Å². The molecular formula is C23H27FN2O2. The fourth-order valence-corrected chi connectivity index (χ4v) is 3.47. The number of nitrogens with zero attached hydrogens (tertiary/aromatic N) is 1. The lowest BCUT2D eigenvalue weighted by Gasteiger charge is -2.37. The van der Waals surface area contributed by atoms with Gasteiger partial charge in [0.1, 0.15) is 5.82 Å². The smallest absolute Gasteiger partial charge is 0.244 e. The summed E-state index contributed by atoms with van der Waals surface area (Å²) in [4.78, 5) is 14.6. The molecule has 3 atom stereocenters. The average Bonchev–Trinajstić information content (AvgIpc) is 2.67. The highest BCUT2D eigenvalue weighted by atomic mass is 19.1. The summed E-state index contributed by atoms with van der Waals surface area (Å²) < 4.78 is 18.8. The number of carbonyl (C=O) groups is 1. The third-order valence-electron chi connectivity index (χ3n) is 4.81. The van der Waals surface area contributed by atoms with Gasteiger partial charge in [-0.05, 0) is 62.2 Å². The third-order valence-corrected chi connectivity index (χ3v) is 4.81. The molecule has 1 aliphatic heterocycles. The molecule has 5 heteroatoms. The van der Waals surface area contributed by atoms with Crippen molar-refractivity contribution in [3.63, 3.8) is 0 Å². The van der Waals surface area contributed by atoms with Crippen LogP contribution in [0.15, 0.2) is 54.6 Å². The molecule has 0 aromatic heterocycles. The Kier molecular flexibility index (Phi) is 6.47. The van der Waals surface area contributed by atoms with E-state index in [1.807, 2.05) is 19.1 Å². The molecule has 2 aromatic carbocycles. The lowest BCUT2D eigenvalue weighted by atomic mass is 10.1. The van der Waals surface area contributed by atoms with Crippen molar-refractivity contribution in [2.75, 3.05) is 18.0 Å². The van der Waals surface area contributed by atoms with Crippen molar-refractivity contribution in [2.45, 2.75) is 39.0 Å². The van der Waals surface area contributed by atoms with Gasteiger partial charge in [0, 0.05) is 24.9 Å². The summed E-state index contributed by atoms with van der Waals surface area (Å²) in [7, 11) is 0. The van der Waals surface area contributed by atoms with Gasteiger partial charge in [-0.1, -0.05) is 24.3 Å². The molecule has 1 amide bonds. The zero-order valence-electron chi connectivity index (χ0n) is 16.6. The summed E-state index contributed by atoms with van der Waals surface area (Å²) in [6, 6.07) is 14.2. The Labute approximate surface area is 166 Å². The van der Waals surface area contributed by atoms with Gasteiger partial charge in [-0.2, -0.15) is 0 Å². The highest BCUT2D eigenvalue weighted by molar-refractivity contribution is 5.92. The number of ether oxygens (including phenoxy) is 1. The standard InChI is InChI=1S/C23H27FN2O2/c1-16-14-26(15-17(2)28-16)22-6-4-5-20(13-22)18(3)25-23(27)12-9-19-7-10-21(24)11-8-19/h4-13,16-18H,14-15H2,1-3H3,(H,25,27)/b12-9+/t16?,17?,18-/m0/s1. The lowest BCUT2D eigenvalue weighted by Crippen LogP contribution is -2.45. The Morgan fingerprint density at radius 1 is 1.18 bits per heavy atom. The number of morpholine rings is 1. The second kappa shape index (κ2) is 9.02. The van der Waals surface area contributed by atoms with Crippen molar-refractivity contribution in [1.82, 2.24) is 5.32 Å². The van der Waals surface area contributed by atoms with Gasteiger partial charge >= 0.3 is 0 Å². The molecule has 0 saturated carbocycles. The predicted molar refractivity (Wildman–Crippen MR) is 111 cm³/mol. The predicted octanol–water partition coefficient (Wildman–Crippen LogP) is 4.33.